The molecule has 2 bridgehead atoms. The van der Waals surface area contributed by atoms with Crippen LogP contribution in [0, 0.1) is 40.3 Å². The molecule has 1 unspecified atom stereocenters. The second kappa shape index (κ2) is 10.5. The van der Waals surface area contributed by atoms with E-state index in [-0.39, 0.29) is 34.7 Å². The standard InChI is InChI=1S/C33H46FN5O2/c1-41-30(40)36-29-8-3-7-28(29)33(23-38-11-4-12-38,26-5-2-6-27(34)15-26)25-9-13-37(14-10-25)16-24-17-39(18-24)32-19-31(20-32,21-32)22-35/h2,5-6,15,24-25,28-29H,3-4,7-14,16-21,23H2,1H3,(H,36,40)/t28-,29-,31?,32?,33?/m0/s1. The Bertz CT molecular complexity index is 1160. The molecule has 1 aromatic rings. The molecule has 3 saturated heterocycles. The number of nitrogens with one attached hydrogen (secondary N) is 1. The van der Waals surface area contributed by atoms with E-state index in [2.05, 4.69) is 32.2 Å². The first-order valence-electron chi connectivity index (χ1n) is 16.1. The van der Waals surface area contributed by atoms with E-state index < -0.39 is 0 Å². The molecule has 3 atom stereocenters. The van der Waals surface area contributed by atoms with E-state index in [0.29, 0.717) is 11.5 Å². The number of halogens is 1. The van der Waals surface area contributed by atoms with Crippen LogP contribution in [-0.4, -0.2) is 91.8 Å². The van der Waals surface area contributed by atoms with E-state index in [4.69, 9.17) is 4.74 Å². The molecule has 3 heterocycles. The molecular formula is C33H46FN5O2. The van der Waals surface area contributed by atoms with Crippen LogP contribution in [0.25, 0.3) is 0 Å². The third-order valence-electron chi connectivity index (χ3n) is 12.2. The summed E-state index contributed by atoms with van der Waals surface area (Å²) in [4.78, 5) is 20.3. The number of amides is 1. The Labute approximate surface area is 244 Å². The number of carbonyl (C=O) groups excluding carboxylic acids is 1. The first-order valence-corrected chi connectivity index (χ1v) is 16.1. The molecule has 222 valence electrons. The summed E-state index contributed by atoms with van der Waals surface area (Å²) in [6.07, 6.45) is 9.45. The summed E-state index contributed by atoms with van der Waals surface area (Å²) in [6, 6.07) is 10.00. The van der Waals surface area contributed by atoms with Crippen molar-refractivity contribution < 1.29 is 13.9 Å². The van der Waals surface area contributed by atoms with Crippen molar-refractivity contribution in [2.45, 2.75) is 74.8 Å². The van der Waals surface area contributed by atoms with Gasteiger partial charge in [0, 0.05) is 43.2 Å². The lowest BCUT2D eigenvalue weighted by atomic mass is 9.39. The predicted octanol–water partition coefficient (Wildman–Crippen LogP) is 4.38. The zero-order valence-electron chi connectivity index (χ0n) is 24.6. The maximum atomic E-state index is 14.9. The Morgan fingerprint density at radius 3 is 2.49 bits per heavy atom. The van der Waals surface area contributed by atoms with Crippen molar-refractivity contribution in [1.82, 2.24) is 20.0 Å². The molecule has 41 heavy (non-hydrogen) atoms. The number of hydrogen-bond acceptors (Lipinski definition) is 6. The monoisotopic (exact) mass is 563 g/mol. The molecule has 0 radical (unpaired) electrons. The number of benzene rings is 1. The van der Waals surface area contributed by atoms with E-state index in [1.807, 2.05) is 6.07 Å². The summed E-state index contributed by atoms with van der Waals surface area (Å²) in [6.45, 7) is 8.86. The van der Waals surface area contributed by atoms with Gasteiger partial charge in [0.15, 0.2) is 0 Å². The van der Waals surface area contributed by atoms with Crippen LogP contribution >= 0.6 is 0 Å². The molecule has 0 spiro atoms. The summed E-state index contributed by atoms with van der Waals surface area (Å²) in [5.74, 6) is 1.26. The van der Waals surface area contributed by atoms with Crippen LogP contribution in [0.3, 0.4) is 0 Å². The third kappa shape index (κ3) is 4.67. The van der Waals surface area contributed by atoms with Crippen LogP contribution < -0.4 is 5.32 Å². The normalized spacial score (nSPS) is 35.7. The number of methoxy groups -OCH3 is 1. The average Bonchev–Trinajstić information content (AvgIpc) is 3.34. The molecule has 8 rings (SSSR count). The maximum absolute atomic E-state index is 14.9. The van der Waals surface area contributed by atoms with Crippen molar-refractivity contribution in [3.63, 3.8) is 0 Å². The van der Waals surface area contributed by atoms with Crippen molar-refractivity contribution in [2.24, 2.45) is 23.2 Å². The van der Waals surface area contributed by atoms with E-state index in [0.717, 1.165) is 102 Å². The fourth-order valence-electron chi connectivity index (χ4n) is 9.99. The Hall–Kier alpha value is -2.21. The van der Waals surface area contributed by atoms with Gasteiger partial charge in [0.25, 0.3) is 0 Å². The van der Waals surface area contributed by atoms with Gasteiger partial charge < -0.3 is 19.9 Å². The number of piperidine rings is 1. The quantitative estimate of drug-likeness (QED) is 0.481. The van der Waals surface area contributed by atoms with Gasteiger partial charge in [0.1, 0.15) is 5.82 Å². The number of alkyl carbamates (subject to hydrolysis) is 1. The summed E-state index contributed by atoms with van der Waals surface area (Å²) in [5.41, 5.74) is 1.32. The molecule has 1 aromatic carbocycles. The molecule has 0 aromatic heterocycles. The van der Waals surface area contributed by atoms with Gasteiger partial charge in [0.2, 0.25) is 0 Å². The second-order valence-electron chi connectivity index (χ2n) is 14.5. The first-order chi connectivity index (χ1) is 19.9. The Morgan fingerprint density at radius 2 is 1.85 bits per heavy atom. The molecule has 7 aliphatic rings. The molecule has 4 saturated carbocycles. The van der Waals surface area contributed by atoms with E-state index in [1.165, 1.54) is 26.6 Å². The van der Waals surface area contributed by atoms with Gasteiger partial charge in [-0.15, -0.1) is 0 Å². The largest absolute Gasteiger partial charge is 0.453 e. The van der Waals surface area contributed by atoms with Crippen molar-refractivity contribution >= 4 is 6.09 Å². The van der Waals surface area contributed by atoms with E-state index >= 15 is 0 Å². The smallest absolute Gasteiger partial charge is 0.407 e. The molecule has 1 amide bonds. The predicted molar refractivity (Wildman–Crippen MR) is 155 cm³/mol. The van der Waals surface area contributed by atoms with Gasteiger partial charge in [-0.25, -0.2) is 9.18 Å². The highest BCUT2D eigenvalue weighted by Crippen LogP contribution is 2.70. The minimum atomic E-state index is -0.356. The lowest BCUT2D eigenvalue weighted by molar-refractivity contribution is -0.219. The number of hydrogen-bond donors (Lipinski definition) is 1. The zero-order chi connectivity index (χ0) is 28.2. The van der Waals surface area contributed by atoms with Crippen LogP contribution in [0.15, 0.2) is 24.3 Å². The van der Waals surface area contributed by atoms with Gasteiger partial charge in [-0.1, -0.05) is 18.6 Å². The number of likely N-dealkylation sites (tertiary alicyclic amines) is 3. The van der Waals surface area contributed by atoms with Crippen molar-refractivity contribution in [2.75, 3.05) is 59.5 Å². The minimum Gasteiger partial charge on any atom is -0.453 e. The summed E-state index contributed by atoms with van der Waals surface area (Å²) in [7, 11) is 1.44. The number of nitrogens with zero attached hydrogens (tertiary/aromatic N) is 4. The van der Waals surface area contributed by atoms with Crippen LogP contribution in [-0.2, 0) is 10.2 Å². The van der Waals surface area contributed by atoms with Gasteiger partial charge in [-0.2, -0.15) is 5.26 Å². The molecule has 1 N–H and O–H groups in total. The van der Waals surface area contributed by atoms with Crippen LogP contribution in [0.4, 0.5) is 9.18 Å². The number of nitriles is 1. The lowest BCUT2D eigenvalue weighted by Crippen LogP contribution is -2.78. The Morgan fingerprint density at radius 1 is 1.10 bits per heavy atom. The average molecular weight is 564 g/mol. The Kier molecular flexibility index (Phi) is 7.07. The van der Waals surface area contributed by atoms with Crippen LogP contribution in [0.2, 0.25) is 0 Å². The van der Waals surface area contributed by atoms with Crippen molar-refractivity contribution in [1.29, 1.82) is 5.26 Å². The molecule has 3 aliphatic heterocycles. The third-order valence-corrected chi connectivity index (χ3v) is 12.2. The molecule has 4 aliphatic carbocycles. The van der Waals surface area contributed by atoms with Gasteiger partial charge >= 0.3 is 6.09 Å². The van der Waals surface area contributed by atoms with E-state index in [1.54, 1.807) is 12.1 Å². The van der Waals surface area contributed by atoms with Crippen molar-refractivity contribution in [3.8, 4) is 6.07 Å². The lowest BCUT2D eigenvalue weighted by Gasteiger charge is -2.73. The SMILES string of the molecule is COC(=O)N[C@H]1CCC[C@@H]1C(CN1CCC1)(c1cccc(F)c1)C1CCN(CC2CN(C34CC(C#N)(C3)C4)C2)CC1. The highest BCUT2D eigenvalue weighted by Gasteiger charge is 2.72. The number of ether oxygens (including phenoxy) is 1. The second-order valence-corrected chi connectivity index (χ2v) is 14.5. The minimum absolute atomic E-state index is 0.0296. The van der Waals surface area contributed by atoms with Crippen molar-refractivity contribution in [3.05, 3.63) is 35.6 Å². The van der Waals surface area contributed by atoms with Gasteiger partial charge in [-0.3, -0.25) is 4.90 Å². The topological polar surface area (TPSA) is 71.8 Å². The van der Waals surface area contributed by atoms with Crippen LogP contribution in [0.5, 0.6) is 0 Å². The highest BCUT2D eigenvalue weighted by atomic mass is 19.1. The van der Waals surface area contributed by atoms with Gasteiger partial charge in [0.05, 0.1) is 18.6 Å². The molecule has 7 fully saturated rings. The summed E-state index contributed by atoms with van der Waals surface area (Å²) >= 11 is 0. The molecule has 7 nitrogen and oxygen atoms in total. The summed E-state index contributed by atoms with van der Waals surface area (Å²) in [5, 5.41) is 12.6. The fourth-order valence-corrected chi connectivity index (χ4v) is 9.99. The number of rotatable bonds is 9. The fraction of sp³-hybridized carbons (Fsp3) is 0.758. The van der Waals surface area contributed by atoms with Gasteiger partial charge in [-0.05, 0) is 113 Å². The first kappa shape index (κ1) is 27.6. The zero-order valence-corrected chi connectivity index (χ0v) is 24.6. The van der Waals surface area contributed by atoms with E-state index in [9.17, 15) is 14.4 Å². The highest BCUT2D eigenvalue weighted by molar-refractivity contribution is 5.67. The Balaban J connectivity index is 1.07. The maximum Gasteiger partial charge on any atom is 0.407 e. The molecular weight excluding hydrogens is 517 g/mol. The van der Waals surface area contributed by atoms with Crippen LogP contribution in [0.1, 0.15) is 63.4 Å². The summed E-state index contributed by atoms with van der Waals surface area (Å²) < 4.78 is 19.9. The molecule has 8 heteroatoms. The number of carbonyl (C=O) groups is 1.